The van der Waals surface area contributed by atoms with Gasteiger partial charge in [-0.2, -0.15) is 0 Å². The molecule has 2 aromatic rings. The van der Waals surface area contributed by atoms with E-state index < -0.39 is 0 Å². The summed E-state index contributed by atoms with van der Waals surface area (Å²) in [6.45, 7) is 2.53. The van der Waals surface area contributed by atoms with Crippen LogP contribution in [0.1, 0.15) is 11.1 Å². The molecule has 7 heteroatoms. The lowest BCUT2D eigenvalue weighted by molar-refractivity contribution is -0.120. The zero-order valence-corrected chi connectivity index (χ0v) is 15.1. The van der Waals surface area contributed by atoms with Crippen molar-refractivity contribution in [3.05, 3.63) is 70.1 Å². The Labute approximate surface area is 153 Å². The van der Waals surface area contributed by atoms with E-state index in [9.17, 15) is 9.59 Å². The minimum absolute atomic E-state index is 0. The van der Waals surface area contributed by atoms with E-state index in [0.29, 0.717) is 26.2 Å². The average Bonchev–Trinajstić information content (AvgIpc) is 2.60. The predicted molar refractivity (Wildman–Crippen MR) is 100 cm³/mol. The van der Waals surface area contributed by atoms with Crippen LogP contribution in [0.25, 0.3) is 0 Å². The fourth-order valence-corrected chi connectivity index (χ4v) is 2.19. The summed E-state index contributed by atoms with van der Waals surface area (Å²) >= 11 is 0. The number of hydrogen-bond acceptors (Lipinski definition) is 4. The van der Waals surface area contributed by atoms with Crippen molar-refractivity contribution in [1.29, 1.82) is 0 Å². The van der Waals surface area contributed by atoms with Crippen LogP contribution >= 0.6 is 12.4 Å². The molecule has 0 unspecified atom stereocenters. The first-order chi connectivity index (χ1) is 11.7. The molecule has 0 radical (unpaired) electrons. The van der Waals surface area contributed by atoms with Crippen LogP contribution in [0.2, 0.25) is 0 Å². The molecule has 0 aliphatic rings. The van der Waals surface area contributed by atoms with Crippen LogP contribution in [-0.2, 0) is 22.6 Å². The summed E-state index contributed by atoms with van der Waals surface area (Å²) in [5, 5.41) is 5.85. The van der Waals surface area contributed by atoms with Crippen molar-refractivity contribution in [3.63, 3.8) is 0 Å². The van der Waals surface area contributed by atoms with Gasteiger partial charge >= 0.3 is 0 Å². The van der Waals surface area contributed by atoms with Crippen LogP contribution in [0.15, 0.2) is 53.5 Å². The Morgan fingerprint density at radius 2 is 1.84 bits per heavy atom. The van der Waals surface area contributed by atoms with Gasteiger partial charge in [-0.05, 0) is 17.2 Å². The van der Waals surface area contributed by atoms with E-state index in [2.05, 4.69) is 10.6 Å². The first-order valence-electron chi connectivity index (χ1n) is 7.88. The zero-order valence-electron chi connectivity index (χ0n) is 14.2. The molecule has 2 rings (SSSR count). The number of halogens is 1. The van der Waals surface area contributed by atoms with Gasteiger partial charge in [0.15, 0.2) is 0 Å². The summed E-state index contributed by atoms with van der Waals surface area (Å²) in [5.74, 6) is -0.0500. The highest BCUT2D eigenvalue weighted by Crippen LogP contribution is 2.05. The van der Waals surface area contributed by atoms with Gasteiger partial charge in [-0.3, -0.25) is 9.59 Å². The molecule has 0 saturated heterocycles. The molecule has 2 N–H and O–H groups in total. The third kappa shape index (κ3) is 7.51. The molecule has 0 aliphatic carbocycles. The monoisotopic (exact) mass is 365 g/mol. The SMILES string of the molecule is COCCNCC(=O)NCc1ccc(Cn2ccccc2=O)cc1.Cl. The van der Waals surface area contributed by atoms with Crippen molar-refractivity contribution in [3.8, 4) is 0 Å². The van der Waals surface area contributed by atoms with Gasteiger partial charge in [-0.1, -0.05) is 30.3 Å². The lowest BCUT2D eigenvalue weighted by atomic mass is 10.1. The van der Waals surface area contributed by atoms with E-state index in [0.717, 1.165) is 11.1 Å². The van der Waals surface area contributed by atoms with Crippen molar-refractivity contribution in [2.75, 3.05) is 26.8 Å². The molecular weight excluding hydrogens is 342 g/mol. The summed E-state index contributed by atoms with van der Waals surface area (Å²) in [6.07, 6.45) is 1.77. The van der Waals surface area contributed by atoms with Crippen LogP contribution in [0.3, 0.4) is 0 Å². The van der Waals surface area contributed by atoms with E-state index in [1.54, 1.807) is 30.0 Å². The Hall–Kier alpha value is -2.15. The third-order valence-electron chi connectivity index (χ3n) is 3.53. The first-order valence-corrected chi connectivity index (χ1v) is 7.88. The topological polar surface area (TPSA) is 72.4 Å². The van der Waals surface area contributed by atoms with Crippen LogP contribution in [-0.4, -0.2) is 37.3 Å². The quantitative estimate of drug-likeness (QED) is 0.654. The van der Waals surface area contributed by atoms with Gasteiger partial charge in [-0.15, -0.1) is 12.4 Å². The molecule has 6 nitrogen and oxygen atoms in total. The first kappa shape index (κ1) is 20.9. The van der Waals surface area contributed by atoms with E-state index in [1.165, 1.54) is 0 Å². The summed E-state index contributed by atoms with van der Waals surface area (Å²) in [5.41, 5.74) is 2.04. The molecule has 136 valence electrons. The molecule has 25 heavy (non-hydrogen) atoms. The van der Waals surface area contributed by atoms with E-state index in [4.69, 9.17) is 4.74 Å². The zero-order chi connectivity index (χ0) is 17.2. The van der Waals surface area contributed by atoms with E-state index in [1.807, 2.05) is 30.3 Å². The number of pyridine rings is 1. The Morgan fingerprint density at radius 1 is 1.12 bits per heavy atom. The molecule has 1 aromatic carbocycles. The molecule has 0 bridgehead atoms. The number of amides is 1. The molecule has 1 aromatic heterocycles. The second-order valence-corrected chi connectivity index (χ2v) is 5.43. The number of methoxy groups -OCH3 is 1. The molecule has 0 aliphatic heterocycles. The highest BCUT2D eigenvalue weighted by Gasteiger charge is 2.02. The molecule has 0 atom stereocenters. The maximum Gasteiger partial charge on any atom is 0.250 e. The van der Waals surface area contributed by atoms with E-state index in [-0.39, 0.29) is 30.4 Å². The molecule has 1 amide bonds. The van der Waals surface area contributed by atoms with E-state index >= 15 is 0 Å². The Balaban J connectivity index is 0.00000312. The molecule has 0 saturated carbocycles. The fraction of sp³-hybridized carbons (Fsp3) is 0.333. The third-order valence-corrected chi connectivity index (χ3v) is 3.53. The van der Waals surface area contributed by atoms with Crippen molar-refractivity contribution < 1.29 is 9.53 Å². The number of carbonyl (C=O) groups is 1. The van der Waals surface area contributed by atoms with Gasteiger partial charge in [-0.25, -0.2) is 0 Å². The van der Waals surface area contributed by atoms with Crippen molar-refractivity contribution >= 4 is 18.3 Å². The van der Waals surface area contributed by atoms with Gasteiger partial charge in [0, 0.05) is 32.5 Å². The maximum absolute atomic E-state index is 11.7. The van der Waals surface area contributed by atoms with Gasteiger partial charge < -0.3 is 19.9 Å². The van der Waals surface area contributed by atoms with Gasteiger partial charge in [0.2, 0.25) is 5.91 Å². The Morgan fingerprint density at radius 3 is 2.52 bits per heavy atom. The molecule has 1 heterocycles. The van der Waals surface area contributed by atoms with Crippen LogP contribution in [0.4, 0.5) is 0 Å². The van der Waals surface area contributed by atoms with Crippen molar-refractivity contribution in [1.82, 2.24) is 15.2 Å². The second-order valence-electron chi connectivity index (χ2n) is 5.43. The standard InChI is InChI=1S/C18H23N3O3.ClH/c1-24-11-9-19-13-17(22)20-12-15-5-7-16(8-6-15)14-21-10-3-2-4-18(21)23;/h2-8,10,19H,9,11-14H2,1H3,(H,20,22);1H. The fourth-order valence-electron chi connectivity index (χ4n) is 2.19. The van der Waals surface area contributed by atoms with Gasteiger partial charge in [0.1, 0.15) is 0 Å². The number of rotatable bonds is 9. The van der Waals surface area contributed by atoms with Crippen LogP contribution in [0.5, 0.6) is 0 Å². The lowest BCUT2D eigenvalue weighted by Gasteiger charge is -2.08. The van der Waals surface area contributed by atoms with Crippen molar-refractivity contribution in [2.45, 2.75) is 13.1 Å². The number of nitrogens with one attached hydrogen (secondary N) is 2. The summed E-state index contributed by atoms with van der Waals surface area (Å²) < 4.78 is 6.55. The highest BCUT2D eigenvalue weighted by molar-refractivity contribution is 5.85. The molecular formula is C18H24ClN3O3. The number of ether oxygens (including phenoxy) is 1. The number of nitrogens with zero attached hydrogens (tertiary/aromatic N) is 1. The van der Waals surface area contributed by atoms with Crippen molar-refractivity contribution in [2.24, 2.45) is 0 Å². The normalized spacial score (nSPS) is 10.1. The van der Waals surface area contributed by atoms with Crippen LogP contribution < -0.4 is 16.2 Å². The molecule has 0 spiro atoms. The average molecular weight is 366 g/mol. The number of carbonyl (C=O) groups excluding carboxylic acids is 1. The van der Waals surface area contributed by atoms with Crippen LogP contribution in [0, 0.1) is 0 Å². The Kier molecular flexibility index (Phi) is 9.54. The Bertz CT molecular complexity index is 701. The summed E-state index contributed by atoms with van der Waals surface area (Å²) in [6, 6.07) is 13.0. The number of aromatic nitrogens is 1. The largest absolute Gasteiger partial charge is 0.383 e. The minimum Gasteiger partial charge on any atom is -0.383 e. The predicted octanol–water partition coefficient (Wildman–Crippen LogP) is 1.17. The minimum atomic E-state index is -0.0500. The number of benzene rings is 1. The molecule has 0 fully saturated rings. The van der Waals surface area contributed by atoms with Gasteiger partial charge in [0.25, 0.3) is 5.56 Å². The summed E-state index contributed by atoms with van der Waals surface area (Å²) in [4.78, 5) is 23.4. The lowest BCUT2D eigenvalue weighted by Crippen LogP contribution is -2.34. The summed E-state index contributed by atoms with van der Waals surface area (Å²) in [7, 11) is 1.62. The van der Waals surface area contributed by atoms with Gasteiger partial charge in [0.05, 0.1) is 19.7 Å². The second kappa shape index (κ2) is 11.4. The smallest absolute Gasteiger partial charge is 0.250 e. The highest BCUT2D eigenvalue weighted by atomic mass is 35.5. The number of hydrogen-bond donors (Lipinski definition) is 2. The maximum atomic E-state index is 11.7.